The van der Waals surface area contributed by atoms with Crippen LogP contribution < -0.4 is 0 Å². The van der Waals surface area contributed by atoms with Crippen LogP contribution in [0, 0.1) is 15.9 Å². The van der Waals surface area contributed by atoms with Gasteiger partial charge in [-0.1, -0.05) is 0 Å². The summed E-state index contributed by atoms with van der Waals surface area (Å²) in [6.45, 7) is 5.12. The number of nitrogens with zero attached hydrogens (tertiary/aromatic N) is 1. The molecule has 98 valence electrons. The van der Waals surface area contributed by atoms with Crippen molar-refractivity contribution >= 4 is 11.7 Å². The zero-order valence-corrected chi connectivity index (χ0v) is 10.4. The quantitative estimate of drug-likeness (QED) is 0.473. The van der Waals surface area contributed by atoms with E-state index < -0.39 is 22.3 Å². The van der Waals surface area contributed by atoms with E-state index in [1.807, 2.05) is 0 Å². The predicted octanol–water partition coefficient (Wildman–Crippen LogP) is 2.62. The van der Waals surface area contributed by atoms with Gasteiger partial charge in [-0.3, -0.25) is 14.9 Å². The minimum absolute atomic E-state index is 0.0786. The fourth-order valence-corrected chi connectivity index (χ4v) is 1.33. The largest absolute Gasteiger partial charge is 0.460 e. The summed E-state index contributed by atoms with van der Waals surface area (Å²) in [5.41, 5.74) is -0.913. The summed E-state index contributed by atoms with van der Waals surface area (Å²) in [7, 11) is 0. The first-order valence-electron chi connectivity index (χ1n) is 5.34. The number of rotatable bonds is 3. The molecular formula is C12H14FNO4. The van der Waals surface area contributed by atoms with Gasteiger partial charge in [0.15, 0.2) is 0 Å². The lowest BCUT2D eigenvalue weighted by Gasteiger charge is -2.19. The Morgan fingerprint density at radius 3 is 2.50 bits per heavy atom. The van der Waals surface area contributed by atoms with Gasteiger partial charge in [0.25, 0.3) is 5.69 Å². The second-order valence-electron chi connectivity index (χ2n) is 4.80. The summed E-state index contributed by atoms with van der Waals surface area (Å²) in [6.07, 6.45) is -0.249. The van der Waals surface area contributed by atoms with Crippen molar-refractivity contribution in [2.75, 3.05) is 0 Å². The van der Waals surface area contributed by atoms with Crippen LogP contribution in [0.3, 0.4) is 0 Å². The van der Waals surface area contributed by atoms with Crippen LogP contribution in [0.1, 0.15) is 26.3 Å². The molecule has 0 spiro atoms. The van der Waals surface area contributed by atoms with Gasteiger partial charge in [-0.25, -0.2) is 4.39 Å². The molecule has 1 aromatic carbocycles. The number of benzene rings is 1. The zero-order valence-electron chi connectivity index (χ0n) is 10.4. The second kappa shape index (κ2) is 5.12. The number of halogens is 1. The monoisotopic (exact) mass is 255 g/mol. The van der Waals surface area contributed by atoms with Crippen molar-refractivity contribution in [3.8, 4) is 0 Å². The molecule has 0 aromatic heterocycles. The summed E-state index contributed by atoms with van der Waals surface area (Å²) in [5.74, 6) is -1.36. The Morgan fingerprint density at radius 2 is 2.06 bits per heavy atom. The Kier molecular flexibility index (Phi) is 4.00. The summed E-state index contributed by atoms with van der Waals surface area (Å²) in [6, 6.07) is 3.17. The number of non-ortho nitro benzene ring substituents is 1. The normalized spacial score (nSPS) is 11.1. The van der Waals surface area contributed by atoms with Crippen molar-refractivity contribution in [3.63, 3.8) is 0 Å². The van der Waals surface area contributed by atoms with Gasteiger partial charge in [-0.05, 0) is 32.4 Å². The van der Waals surface area contributed by atoms with E-state index in [9.17, 15) is 19.3 Å². The lowest BCUT2D eigenvalue weighted by Crippen LogP contribution is -2.25. The average molecular weight is 255 g/mol. The summed E-state index contributed by atoms with van der Waals surface area (Å²) < 4.78 is 18.5. The highest BCUT2D eigenvalue weighted by Gasteiger charge is 2.19. The summed E-state index contributed by atoms with van der Waals surface area (Å²) in [4.78, 5) is 21.2. The maximum Gasteiger partial charge on any atom is 0.310 e. The van der Waals surface area contributed by atoms with Crippen molar-refractivity contribution in [1.29, 1.82) is 0 Å². The molecule has 0 saturated heterocycles. The van der Waals surface area contributed by atoms with Crippen LogP contribution >= 0.6 is 0 Å². The lowest BCUT2D eigenvalue weighted by atomic mass is 10.1. The third-order valence-electron chi connectivity index (χ3n) is 2.00. The van der Waals surface area contributed by atoms with Crippen LogP contribution in [0.2, 0.25) is 0 Å². The van der Waals surface area contributed by atoms with E-state index in [0.717, 1.165) is 12.1 Å². The standard InChI is InChI=1S/C12H14FNO4/c1-12(2,3)18-11(15)6-8-4-5-9(14(16)17)7-10(8)13/h4-5,7H,6H2,1-3H3. The minimum Gasteiger partial charge on any atom is -0.460 e. The molecule has 0 heterocycles. The van der Waals surface area contributed by atoms with Gasteiger partial charge in [-0.15, -0.1) is 0 Å². The zero-order chi connectivity index (χ0) is 13.9. The number of carbonyl (C=O) groups is 1. The van der Waals surface area contributed by atoms with Crippen LogP contribution in [0.15, 0.2) is 18.2 Å². The highest BCUT2D eigenvalue weighted by atomic mass is 19.1. The van der Waals surface area contributed by atoms with Gasteiger partial charge < -0.3 is 4.74 Å². The van der Waals surface area contributed by atoms with Crippen molar-refractivity contribution in [1.82, 2.24) is 0 Å². The third kappa shape index (κ3) is 4.12. The molecule has 1 rings (SSSR count). The molecule has 0 unspecified atom stereocenters. The number of hydrogen-bond acceptors (Lipinski definition) is 4. The van der Waals surface area contributed by atoms with Gasteiger partial charge in [-0.2, -0.15) is 0 Å². The van der Waals surface area contributed by atoms with Crippen molar-refractivity contribution in [3.05, 3.63) is 39.7 Å². The van der Waals surface area contributed by atoms with Gasteiger partial charge in [0, 0.05) is 6.07 Å². The van der Waals surface area contributed by atoms with Gasteiger partial charge in [0.2, 0.25) is 0 Å². The molecule has 0 saturated carbocycles. The van der Waals surface area contributed by atoms with E-state index >= 15 is 0 Å². The average Bonchev–Trinajstić information content (AvgIpc) is 2.17. The fraction of sp³-hybridized carbons (Fsp3) is 0.417. The van der Waals surface area contributed by atoms with Gasteiger partial charge >= 0.3 is 5.97 Å². The highest BCUT2D eigenvalue weighted by molar-refractivity contribution is 5.73. The van der Waals surface area contributed by atoms with E-state index in [2.05, 4.69) is 0 Å². The van der Waals surface area contributed by atoms with Crippen LogP contribution in [0.4, 0.5) is 10.1 Å². The molecule has 0 bridgehead atoms. The number of hydrogen-bond donors (Lipinski definition) is 0. The van der Waals surface area contributed by atoms with Crippen molar-refractivity contribution in [2.24, 2.45) is 0 Å². The van der Waals surface area contributed by atoms with Crippen LogP contribution in [0.25, 0.3) is 0 Å². The number of ether oxygens (including phenoxy) is 1. The van der Waals surface area contributed by atoms with E-state index in [0.29, 0.717) is 0 Å². The predicted molar refractivity (Wildman–Crippen MR) is 62.6 cm³/mol. The van der Waals surface area contributed by atoms with E-state index in [4.69, 9.17) is 4.74 Å². The first-order valence-corrected chi connectivity index (χ1v) is 5.34. The highest BCUT2D eigenvalue weighted by Crippen LogP contribution is 2.18. The molecule has 6 heteroatoms. The molecule has 0 radical (unpaired) electrons. The van der Waals surface area contributed by atoms with E-state index in [1.54, 1.807) is 20.8 Å². The first kappa shape index (κ1) is 14.1. The molecule has 1 aromatic rings. The van der Waals surface area contributed by atoms with E-state index in [1.165, 1.54) is 6.07 Å². The maximum atomic E-state index is 13.5. The maximum absolute atomic E-state index is 13.5. The fourth-order valence-electron chi connectivity index (χ4n) is 1.33. The van der Waals surface area contributed by atoms with Crippen LogP contribution in [-0.4, -0.2) is 16.5 Å². The summed E-state index contributed by atoms with van der Waals surface area (Å²) in [5, 5.41) is 10.4. The first-order chi connectivity index (χ1) is 8.19. The topological polar surface area (TPSA) is 69.4 Å². The smallest absolute Gasteiger partial charge is 0.310 e. The Labute approximate surface area is 104 Å². The van der Waals surface area contributed by atoms with Gasteiger partial charge in [0.05, 0.1) is 17.4 Å². The molecule has 0 aliphatic rings. The molecule has 0 amide bonds. The molecular weight excluding hydrogens is 241 g/mol. The number of nitro benzene ring substituents is 1. The Balaban J connectivity index is 2.80. The number of nitro groups is 1. The van der Waals surface area contributed by atoms with Crippen LogP contribution in [-0.2, 0) is 16.0 Å². The summed E-state index contributed by atoms with van der Waals surface area (Å²) >= 11 is 0. The Morgan fingerprint density at radius 1 is 1.44 bits per heavy atom. The molecule has 0 aliphatic carbocycles. The minimum atomic E-state index is -0.782. The molecule has 18 heavy (non-hydrogen) atoms. The second-order valence-corrected chi connectivity index (χ2v) is 4.80. The Hall–Kier alpha value is -1.98. The molecule has 0 aliphatic heterocycles. The third-order valence-corrected chi connectivity index (χ3v) is 2.00. The molecule has 0 atom stereocenters. The van der Waals surface area contributed by atoms with Crippen molar-refractivity contribution in [2.45, 2.75) is 32.8 Å². The number of esters is 1. The lowest BCUT2D eigenvalue weighted by molar-refractivity contribution is -0.385. The molecule has 0 fully saturated rings. The van der Waals surface area contributed by atoms with Crippen LogP contribution in [0.5, 0.6) is 0 Å². The number of carbonyl (C=O) groups excluding carboxylic acids is 1. The van der Waals surface area contributed by atoms with Gasteiger partial charge in [0.1, 0.15) is 11.4 Å². The SMILES string of the molecule is CC(C)(C)OC(=O)Cc1ccc([N+](=O)[O-])cc1F. The molecule has 5 nitrogen and oxygen atoms in total. The Bertz CT molecular complexity index is 479. The molecule has 0 N–H and O–H groups in total. The van der Waals surface area contributed by atoms with Crippen molar-refractivity contribution < 1.29 is 18.8 Å². The van der Waals surface area contributed by atoms with E-state index in [-0.39, 0.29) is 17.7 Å².